The number of piperazine rings is 1. The Labute approximate surface area is 132 Å². The van der Waals surface area contributed by atoms with E-state index in [1.807, 2.05) is 16.3 Å². The van der Waals surface area contributed by atoms with Gasteiger partial charge in [-0.05, 0) is 29.6 Å². The van der Waals surface area contributed by atoms with E-state index in [-0.39, 0.29) is 11.8 Å². The van der Waals surface area contributed by atoms with Crippen LogP contribution in [0.3, 0.4) is 0 Å². The first kappa shape index (κ1) is 14.7. The Morgan fingerprint density at radius 1 is 1.14 bits per heavy atom. The molecule has 2 aromatic rings. The number of hydrogen-bond donors (Lipinski definition) is 2. The van der Waals surface area contributed by atoms with Crippen LogP contribution < -0.4 is 10.6 Å². The van der Waals surface area contributed by atoms with E-state index in [1.54, 1.807) is 30.3 Å². The highest BCUT2D eigenvalue weighted by Gasteiger charge is 2.18. The summed E-state index contributed by atoms with van der Waals surface area (Å²) in [6.07, 6.45) is 0. The van der Waals surface area contributed by atoms with Crippen LogP contribution in [0.4, 0.5) is 5.69 Å². The first-order valence-corrected chi connectivity index (χ1v) is 8.07. The van der Waals surface area contributed by atoms with Crippen LogP contribution in [0.25, 0.3) is 0 Å². The van der Waals surface area contributed by atoms with E-state index >= 15 is 0 Å². The molecule has 1 aromatic heterocycles. The smallest absolute Gasteiger partial charge is 0.265 e. The van der Waals surface area contributed by atoms with Crippen LogP contribution in [0.2, 0.25) is 0 Å². The van der Waals surface area contributed by atoms with E-state index < -0.39 is 0 Å². The van der Waals surface area contributed by atoms with E-state index in [0.29, 0.717) is 29.2 Å². The first-order valence-electron chi connectivity index (χ1n) is 7.19. The Bertz CT molecular complexity index is 664. The van der Waals surface area contributed by atoms with Gasteiger partial charge >= 0.3 is 0 Å². The van der Waals surface area contributed by atoms with E-state index in [2.05, 4.69) is 10.6 Å². The van der Waals surface area contributed by atoms with Gasteiger partial charge < -0.3 is 15.5 Å². The fourth-order valence-corrected chi connectivity index (χ4v) is 3.00. The molecule has 0 atom stereocenters. The first-order chi connectivity index (χ1) is 10.7. The maximum atomic E-state index is 12.5. The quantitative estimate of drug-likeness (QED) is 0.911. The molecule has 1 saturated heterocycles. The van der Waals surface area contributed by atoms with Crippen molar-refractivity contribution in [1.82, 2.24) is 10.2 Å². The number of nitrogens with one attached hydrogen (secondary N) is 2. The molecule has 114 valence electrons. The van der Waals surface area contributed by atoms with Gasteiger partial charge in [0.2, 0.25) is 0 Å². The Morgan fingerprint density at radius 3 is 2.68 bits per heavy atom. The number of carbonyl (C=O) groups is 2. The summed E-state index contributed by atoms with van der Waals surface area (Å²) in [5.41, 5.74) is 1.24. The van der Waals surface area contributed by atoms with Crippen molar-refractivity contribution in [2.24, 2.45) is 0 Å². The van der Waals surface area contributed by atoms with Crippen molar-refractivity contribution in [1.29, 1.82) is 0 Å². The van der Waals surface area contributed by atoms with Crippen molar-refractivity contribution >= 4 is 28.8 Å². The number of anilines is 1. The van der Waals surface area contributed by atoms with E-state index in [4.69, 9.17) is 0 Å². The highest BCUT2D eigenvalue weighted by molar-refractivity contribution is 7.12. The number of carbonyl (C=O) groups excluding carboxylic acids is 2. The topological polar surface area (TPSA) is 61.4 Å². The summed E-state index contributed by atoms with van der Waals surface area (Å²) in [5, 5.41) is 7.92. The predicted molar refractivity (Wildman–Crippen MR) is 87.5 cm³/mol. The molecule has 0 saturated carbocycles. The lowest BCUT2D eigenvalue weighted by molar-refractivity contribution is 0.0735. The van der Waals surface area contributed by atoms with Gasteiger partial charge in [-0.25, -0.2) is 0 Å². The number of benzene rings is 1. The highest BCUT2D eigenvalue weighted by Crippen LogP contribution is 2.16. The fraction of sp³-hybridized carbons (Fsp3) is 0.250. The number of thiophene rings is 1. The van der Waals surface area contributed by atoms with Gasteiger partial charge in [-0.1, -0.05) is 12.1 Å². The van der Waals surface area contributed by atoms with E-state index in [0.717, 1.165) is 13.1 Å². The Morgan fingerprint density at radius 2 is 1.95 bits per heavy atom. The van der Waals surface area contributed by atoms with Gasteiger partial charge in [-0.3, -0.25) is 9.59 Å². The van der Waals surface area contributed by atoms with Crippen molar-refractivity contribution in [3.05, 3.63) is 52.2 Å². The largest absolute Gasteiger partial charge is 0.336 e. The molecule has 0 unspecified atom stereocenters. The normalized spacial score (nSPS) is 14.6. The zero-order chi connectivity index (χ0) is 15.4. The average molecular weight is 315 g/mol. The summed E-state index contributed by atoms with van der Waals surface area (Å²) >= 11 is 1.39. The molecule has 0 spiro atoms. The van der Waals surface area contributed by atoms with Crippen LogP contribution in [-0.2, 0) is 0 Å². The van der Waals surface area contributed by atoms with Crippen molar-refractivity contribution in [2.45, 2.75) is 0 Å². The molecule has 2 heterocycles. The third-order valence-electron chi connectivity index (χ3n) is 3.52. The van der Waals surface area contributed by atoms with Crippen molar-refractivity contribution in [3.8, 4) is 0 Å². The lowest BCUT2D eigenvalue weighted by Gasteiger charge is -2.27. The molecule has 22 heavy (non-hydrogen) atoms. The summed E-state index contributed by atoms with van der Waals surface area (Å²) in [5.74, 6) is -0.143. The molecule has 0 bridgehead atoms. The van der Waals surface area contributed by atoms with Gasteiger partial charge in [0.1, 0.15) is 0 Å². The van der Waals surface area contributed by atoms with Crippen LogP contribution in [0.15, 0.2) is 41.8 Å². The van der Waals surface area contributed by atoms with Crippen molar-refractivity contribution in [3.63, 3.8) is 0 Å². The number of hydrogen-bond acceptors (Lipinski definition) is 4. The lowest BCUT2D eigenvalue weighted by atomic mass is 10.1. The van der Waals surface area contributed by atoms with Gasteiger partial charge in [0, 0.05) is 37.4 Å². The zero-order valence-electron chi connectivity index (χ0n) is 12.0. The second-order valence-electron chi connectivity index (χ2n) is 5.05. The number of rotatable bonds is 3. The van der Waals surface area contributed by atoms with Gasteiger partial charge in [-0.15, -0.1) is 11.3 Å². The summed E-state index contributed by atoms with van der Waals surface area (Å²) in [6, 6.07) is 10.7. The van der Waals surface area contributed by atoms with Gasteiger partial charge in [0.05, 0.1) is 4.88 Å². The van der Waals surface area contributed by atoms with Crippen LogP contribution in [0.1, 0.15) is 20.0 Å². The molecule has 5 nitrogen and oxygen atoms in total. The summed E-state index contributed by atoms with van der Waals surface area (Å²) in [6.45, 7) is 3.07. The third kappa shape index (κ3) is 3.35. The molecule has 0 radical (unpaired) electrons. The minimum Gasteiger partial charge on any atom is -0.336 e. The minimum absolute atomic E-state index is 0.00808. The number of amides is 2. The van der Waals surface area contributed by atoms with Gasteiger partial charge in [0.15, 0.2) is 0 Å². The van der Waals surface area contributed by atoms with E-state index in [1.165, 1.54) is 11.3 Å². The monoisotopic (exact) mass is 315 g/mol. The molecule has 3 rings (SSSR count). The molecule has 1 aliphatic rings. The van der Waals surface area contributed by atoms with E-state index in [9.17, 15) is 9.59 Å². The Balaban J connectivity index is 1.72. The maximum absolute atomic E-state index is 12.5. The van der Waals surface area contributed by atoms with Crippen LogP contribution in [-0.4, -0.2) is 42.9 Å². The maximum Gasteiger partial charge on any atom is 0.265 e. The molecular formula is C16H17N3O2S. The van der Waals surface area contributed by atoms with Gasteiger partial charge in [-0.2, -0.15) is 0 Å². The fourth-order valence-electron chi connectivity index (χ4n) is 2.38. The summed E-state index contributed by atoms with van der Waals surface area (Å²) in [4.78, 5) is 27.0. The zero-order valence-corrected chi connectivity index (χ0v) is 12.9. The molecule has 0 aliphatic carbocycles. The SMILES string of the molecule is O=C(Nc1cccc(C(=O)N2CCNCC2)c1)c1cccs1. The lowest BCUT2D eigenvalue weighted by Crippen LogP contribution is -2.46. The predicted octanol–water partition coefficient (Wildman–Crippen LogP) is 2.05. The Kier molecular flexibility index (Phi) is 4.50. The second kappa shape index (κ2) is 6.72. The summed E-state index contributed by atoms with van der Waals surface area (Å²) < 4.78 is 0. The molecule has 2 amide bonds. The average Bonchev–Trinajstić information content (AvgIpc) is 3.10. The van der Waals surface area contributed by atoms with Crippen molar-refractivity contribution < 1.29 is 9.59 Å². The van der Waals surface area contributed by atoms with Crippen LogP contribution in [0.5, 0.6) is 0 Å². The van der Waals surface area contributed by atoms with Crippen molar-refractivity contribution in [2.75, 3.05) is 31.5 Å². The Hall–Kier alpha value is -2.18. The molecular weight excluding hydrogens is 298 g/mol. The third-order valence-corrected chi connectivity index (χ3v) is 4.39. The van der Waals surface area contributed by atoms with Gasteiger partial charge in [0.25, 0.3) is 11.8 Å². The molecule has 6 heteroatoms. The van der Waals surface area contributed by atoms with Crippen LogP contribution >= 0.6 is 11.3 Å². The number of nitrogens with zero attached hydrogens (tertiary/aromatic N) is 1. The molecule has 1 fully saturated rings. The molecule has 2 N–H and O–H groups in total. The summed E-state index contributed by atoms with van der Waals surface area (Å²) in [7, 11) is 0. The highest BCUT2D eigenvalue weighted by atomic mass is 32.1. The van der Waals surface area contributed by atoms with Crippen LogP contribution in [0, 0.1) is 0 Å². The second-order valence-corrected chi connectivity index (χ2v) is 6.00. The minimum atomic E-state index is -0.151. The molecule has 1 aliphatic heterocycles. The standard InChI is InChI=1S/C16H17N3O2S/c20-15(14-5-2-10-22-14)18-13-4-1-3-12(11-13)16(21)19-8-6-17-7-9-19/h1-5,10-11,17H,6-9H2,(H,18,20). The molecule has 1 aromatic carbocycles.